The van der Waals surface area contributed by atoms with E-state index in [0.717, 1.165) is 5.56 Å². The number of fused-ring (bicyclic) bond motifs is 1. The van der Waals surface area contributed by atoms with Gasteiger partial charge in [-0.15, -0.1) is 17.0 Å². The van der Waals surface area contributed by atoms with E-state index in [4.69, 9.17) is 20.0 Å². The van der Waals surface area contributed by atoms with Crippen molar-refractivity contribution in [3.05, 3.63) is 51.8 Å². The van der Waals surface area contributed by atoms with Crippen LogP contribution < -0.4 is 19.7 Å². The highest BCUT2D eigenvalue weighted by Crippen LogP contribution is 2.40. The molecule has 0 aliphatic carbocycles. The summed E-state index contributed by atoms with van der Waals surface area (Å²) >= 11 is 0. The third kappa shape index (κ3) is 7.39. The monoisotopic (exact) mass is 650 g/mol. The van der Waals surface area contributed by atoms with E-state index in [0.29, 0.717) is 23.4 Å². The van der Waals surface area contributed by atoms with Crippen LogP contribution in [0.5, 0.6) is 11.5 Å². The largest absolute Gasteiger partial charge is 0.491 e. The second kappa shape index (κ2) is 14.0. The standard InChI is InChI=1S/C30H39FN4O6.BrH/c1-8-40-26-19(29(39)33-5)14-18-20(25(26)31)15-35(28(18)32)16-23(36)17-12-21(30(2,3)4)27(22(13-17)34(6)7)41-11-9-10-24(37)38;/h12-14,32H,8-11,15-16H2,1-7H3,(H,33,39)(H,37,38);1H. The number of halogens is 2. The number of aliphatic carboxylic acids is 1. The van der Waals surface area contributed by atoms with Crippen LogP contribution in [0, 0.1) is 11.2 Å². The lowest BCUT2D eigenvalue weighted by Gasteiger charge is -2.28. The number of amidine groups is 1. The molecule has 0 fully saturated rings. The average molecular weight is 652 g/mol. The van der Waals surface area contributed by atoms with Gasteiger partial charge in [0.25, 0.3) is 5.91 Å². The summed E-state index contributed by atoms with van der Waals surface area (Å²) in [6, 6.07) is 4.92. The van der Waals surface area contributed by atoms with Crippen molar-refractivity contribution in [1.82, 2.24) is 10.2 Å². The summed E-state index contributed by atoms with van der Waals surface area (Å²) in [4.78, 5) is 40.3. The second-order valence-corrected chi connectivity index (χ2v) is 11.1. The number of amides is 1. The molecule has 0 atom stereocenters. The minimum absolute atomic E-state index is 0. The SMILES string of the molecule is Br.CCOc1c(C(=O)NC)cc2c(c1F)CN(CC(=O)c1cc(N(C)C)c(OCCCC(=O)O)c(C(C)(C)C)c1)C2=N. The number of carboxylic acid groups (broad SMARTS) is 1. The van der Waals surface area contributed by atoms with Gasteiger partial charge in [0.2, 0.25) is 0 Å². The number of hydrogen-bond donors (Lipinski definition) is 3. The van der Waals surface area contributed by atoms with Gasteiger partial charge in [-0.3, -0.25) is 19.8 Å². The fraction of sp³-hybridized carbons (Fsp3) is 0.467. The Morgan fingerprint density at radius 2 is 1.81 bits per heavy atom. The number of ether oxygens (including phenoxy) is 2. The maximum absolute atomic E-state index is 15.5. The highest BCUT2D eigenvalue weighted by atomic mass is 79.9. The third-order valence-corrected chi connectivity index (χ3v) is 6.80. The summed E-state index contributed by atoms with van der Waals surface area (Å²) in [6.45, 7) is 7.84. The molecular weight excluding hydrogens is 611 g/mol. The van der Waals surface area contributed by atoms with E-state index in [1.807, 2.05) is 39.8 Å². The molecule has 230 valence electrons. The van der Waals surface area contributed by atoms with Crippen molar-refractivity contribution in [2.24, 2.45) is 0 Å². The number of carboxylic acids is 1. The maximum Gasteiger partial charge on any atom is 0.303 e. The minimum Gasteiger partial charge on any atom is -0.491 e. The van der Waals surface area contributed by atoms with Crippen LogP contribution in [0.4, 0.5) is 10.1 Å². The van der Waals surface area contributed by atoms with E-state index in [1.54, 1.807) is 19.1 Å². The number of benzene rings is 2. The molecule has 0 saturated carbocycles. The lowest BCUT2D eigenvalue weighted by atomic mass is 9.84. The van der Waals surface area contributed by atoms with E-state index in [-0.39, 0.29) is 83.8 Å². The van der Waals surface area contributed by atoms with Gasteiger partial charge < -0.3 is 29.7 Å². The Morgan fingerprint density at radius 1 is 1.14 bits per heavy atom. The number of rotatable bonds is 12. The minimum atomic E-state index is -0.896. The Kier molecular flexibility index (Phi) is 11.5. The maximum atomic E-state index is 15.5. The van der Waals surface area contributed by atoms with E-state index in [1.165, 1.54) is 18.0 Å². The van der Waals surface area contributed by atoms with Gasteiger partial charge in [-0.25, -0.2) is 4.39 Å². The van der Waals surface area contributed by atoms with Gasteiger partial charge in [-0.2, -0.15) is 0 Å². The first-order valence-electron chi connectivity index (χ1n) is 13.5. The smallest absolute Gasteiger partial charge is 0.303 e. The van der Waals surface area contributed by atoms with Crippen molar-refractivity contribution in [3.8, 4) is 11.5 Å². The van der Waals surface area contributed by atoms with Crippen molar-refractivity contribution in [2.75, 3.05) is 45.8 Å². The zero-order valence-electron chi connectivity index (χ0n) is 25.1. The van der Waals surface area contributed by atoms with Crippen LogP contribution in [0.2, 0.25) is 0 Å². The molecule has 42 heavy (non-hydrogen) atoms. The van der Waals surface area contributed by atoms with Gasteiger partial charge in [0.1, 0.15) is 11.6 Å². The second-order valence-electron chi connectivity index (χ2n) is 11.1. The summed E-state index contributed by atoms with van der Waals surface area (Å²) in [5.74, 6) is -2.06. The fourth-order valence-electron chi connectivity index (χ4n) is 4.68. The molecule has 1 aliphatic rings. The fourth-order valence-corrected chi connectivity index (χ4v) is 4.68. The number of nitrogens with zero attached hydrogens (tertiary/aromatic N) is 2. The van der Waals surface area contributed by atoms with Gasteiger partial charge in [0.15, 0.2) is 17.3 Å². The molecule has 0 unspecified atom stereocenters. The number of ketones is 1. The molecule has 1 aliphatic heterocycles. The normalized spacial score (nSPS) is 12.4. The highest BCUT2D eigenvalue weighted by molar-refractivity contribution is 8.93. The van der Waals surface area contributed by atoms with Crippen LogP contribution in [0.15, 0.2) is 18.2 Å². The van der Waals surface area contributed by atoms with Crippen LogP contribution in [-0.2, 0) is 16.8 Å². The zero-order chi connectivity index (χ0) is 30.6. The number of carbonyl (C=O) groups is 3. The first-order chi connectivity index (χ1) is 19.2. The molecule has 3 N–H and O–H groups in total. The molecule has 0 radical (unpaired) electrons. The topological polar surface area (TPSA) is 132 Å². The van der Waals surface area contributed by atoms with E-state index >= 15 is 4.39 Å². The van der Waals surface area contributed by atoms with Gasteiger partial charge in [-0.05, 0) is 37.0 Å². The Morgan fingerprint density at radius 3 is 2.36 bits per heavy atom. The molecule has 10 nitrogen and oxygen atoms in total. The van der Waals surface area contributed by atoms with Crippen LogP contribution in [0.1, 0.15) is 77.9 Å². The first kappa shape index (κ1) is 34.5. The van der Waals surface area contributed by atoms with Gasteiger partial charge >= 0.3 is 5.97 Å². The molecule has 0 saturated heterocycles. The lowest BCUT2D eigenvalue weighted by molar-refractivity contribution is -0.137. The molecule has 1 amide bonds. The number of hydrogen-bond acceptors (Lipinski definition) is 7. The van der Waals surface area contributed by atoms with Crippen LogP contribution in [-0.4, -0.2) is 74.4 Å². The molecule has 12 heteroatoms. The predicted octanol–water partition coefficient (Wildman–Crippen LogP) is 4.79. The highest BCUT2D eigenvalue weighted by Gasteiger charge is 2.34. The van der Waals surface area contributed by atoms with Crippen LogP contribution >= 0.6 is 17.0 Å². The van der Waals surface area contributed by atoms with Crippen LogP contribution in [0.25, 0.3) is 0 Å². The number of Topliss-reactive ketones (excluding diaryl/α,β-unsaturated/α-hetero) is 1. The Bertz CT molecular complexity index is 1370. The summed E-state index contributed by atoms with van der Waals surface area (Å²) < 4.78 is 27.0. The molecule has 0 spiro atoms. The van der Waals surface area contributed by atoms with Gasteiger partial charge in [-0.1, -0.05) is 20.8 Å². The van der Waals surface area contributed by atoms with Crippen molar-refractivity contribution in [1.29, 1.82) is 5.41 Å². The van der Waals surface area contributed by atoms with E-state index in [2.05, 4.69) is 5.32 Å². The van der Waals surface area contributed by atoms with Crippen molar-refractivity contribution in [3.63, 3.8) is 0 Å². The third-order valence-electron chi connectivity index (χ3n) is 6.80. The molecule has 3 rings (SSSR count). The zero-order valence-corrected chi connectivity index (χ0v) is 26.9. The lowest BCUT2D eigenvalue weighted by Crippen LogP contribution is -2.30. The van der Waals surface area contributed by atoms with Crippen molar-refractivity contribution >= 4 is 46.2 Å². The van der Waals surface area contributed by atoms with Gasteiger partial charge in [0, 0.05) is 56.4 Å². The summed E-state index contributed by atoms with van der Waals surface area (Å²) in [5.41, 5.74) is 1.88. The number of carbonyl (C=O) groups excluding carboxylic acids is 2. The molecule has 0 aromatic heterocycles. The van der Waals surface area contributed by atoms with Crippen molar-refractivity contribution < 1.29 is 33.4 Å². The van der Waals surface area contributed by atoms with E-state index in [9.17, 15) is 14.4 Å². The van der Waals surface area contributed by atoms with E-state index < -0.39 is 23.1 Å². The average Bonchev–Trinajstić information content (AvgIpc) is 3.21. The summed E-state index contributed by atoms with van der Waals surface area (Å²) in [5, 5.41) is 20.1. The molecule has 1 heterocycles. The Hall–Kier alpha value is -3.67. The quantitative estimate of drug-likeness (QED) is 0.221. The summed E-state index contributed by atoms with van der Waals surface area (Å²) in [6.07, 6.45) is 0.327. The van der Waals surface area contributed by atoms with Gasteiger partial charge in [0.05, 0.1) is 31.0 Å². The predicted molar refractivity (Wildman–Crippen MR) is 165 cm³/mol. The molecular formula is C30H40BrFN4O6. The Balaban J connectivity index is 0.00000616. The number of nitrogens with one attached hydrogen (secondary N) is 2. The van der Waals surface area contributed by atoms with Crippen LogP contribution in [0.3, 0.4) is 0 Å². The molecule has 0 bridgehead atoms. The first-order valence-corrected chi connectivity index (χ1v) is 13.5. The summed E-state index contributed by atoms with van der Waals surface area (Å²) in [7, 11) is 5.09. The molecule has 2 aromatic carbocycles. The van der Waals surface area contributed by atoms with Crippen molar-refractivity contribution in [2.45, 2.75) is 52.5 Å². The molecule has 2 aromatic rings. The Labute approximate surface area is 256 Å². The number of anilines is 1.